The van der Waals surface area contributed by atoms with E-state index in [2.05, 4.69) is 0 Å². The number of hydrogen-bond acceptors (Lipinski definition) is 4. The van der Waals surface area contributed by atoms with Gasteiger partial charge in [-0.2, -0.15) is 0 Å². The van der Waals surface area contributed by atoms with Gasteiger partial charge < -0.3 is 14.7 Å². The minimum absolute atomic E-state index is 0.0470. The predicted octanol–water partition coefficient (Wildman–Crippen LogP) is 1.04. The van der Waals surface area contributed by atoms with Gasteiger partial charge in [-0.3, -0.25) is 9.59 Å². The number of amides is 1. The highest BCUT2D eigenvalue weighted by Crippen LogP contribution is 2.23. The van der Waals surface area contributed by atoms with Gasteiger partial charge in [-0.25, -0.2) is 4.79 Å². The summed E-state index contributed by atoms with van der Waals surface area (Å²) >= 11 is 0. The molecule has 0 aliphatic carbocycles. The average molecular weight is 271 g/mol. The van der Waals surface area contributed by atoms with Gasteiger partial charge in [-0.15, -0.1) is 0 Å². The number of ether oxygens (including phenoxy) is 1. The Balaban J connectivity index is 2.78. The lowest BCUT2D eigenvalue weighted by Crippen LogP contribution is -2.45. The quantitative estimate of drug-likeness (QED) is 0.772. The van der Waals surface area contributed by atoms with Crippen LogP contribution in [-0.4, -0.2) is 46.0 Å². The minimum Gasteiger partial charge on any atom is -0.481 e. The molecule has 0 bridgehead atoms. The van der Waals surface area contributed by atoms with Crippen molar-refractivity contribution in [1.82, 2.24) is 4.90 Å². The van der Waals surface area contributed by atoms with Crippen molar-refractivity contribution in [2.75, 3.05) is 6.54 Å². The van der Waals surface area contributed by atoms with Gasteiger partial charge in [0.05, 0.1) is 5.92 Å². The summed E-state index contributed by atoms with van der Waals surface area (Å²) in [6, 6.07) is -0.698. The second-order valence-electron chi connectivity index (χ2n) is 5.74. The third-order valence-electron chi connectivity index (χ3n) is 2.95. The SMILES string of the molecule is CC[C@@H](C(=O)OC(C)(C)C)N1C[C@H](C(=O)O)CC1=O. The van der Waals surface area contributed by atoms with Gasteiger partial charge in [0.25, 0.3) is 0 Å². The summed E-state index contributed by atoms with van der Waals surface area (Å²) in [4.78, 5) is 36.1. The van der Waals surface area contributed by atoms with E-state index in [4.69, 9.17) is 9.84 Å². The molecule has 0 aromatic carbocycles. The molecule has 1 N–H and O–H groups in total. The highest BCUT2D eigenvalue weighted by atomic mass is 16.6. The van der Waals surface area contributed by atoms with Crippen LogP contribution in [0, 0.1) is 5.92 Å². The number of nitrogens with zero attached hydrogens (tertiary/aromatic N) is 1. The first-order chi connectivity index (χ1) is 8.65. The smallest absolute Gasteiger partial charge is 0.329 e. The van der Waals surface area contributed by atoms with Crippen molar-refractivity contribution in [3.8, 4) is 0 Å². The monoisotopic (exact) mass is 271 g/mol. The highest BCUT2D eigenvalue weighted by molar-refractivity contribution is 5.90. The van der Waals surface area contributed by atoms with Crippen molar-refractivity contribution < 1.29 is 24.2 Å². The van der Waals surface area contributed by atoms with Crippen molar-refractivity contribution in [1.29, 1.82) is 0 Å². The molecule has 1 fully saturated rings. The van der Waals surface area contributed by atoms with E-state index in [1.165, 1.54) is 4.90 Å². The molecular weight excluding hydrogens is 250 g/mol. The Bertz CT molecular complexity index is 385. The maximum Gasteiger partial charge on any atom is 0.329 e. The standard InChI is InChI=1S/C13H21NO5/c1-5-9(12(18)19-13(2,3)4)14-7-8(11(16)17)6-10(14)15/h8-9H,5-7H2,1-4H3,(H,16,17)/t8-,9+/m1/s1. The van der Waals surface area contributed by atoms with Gasteiger partial charge in [0.1, 0.15) is 11.6 Å². The number of carboxylic acid groups (broad SMARTS) is 1. The largest absolute Gasteiger partial charge is 0.481 e. The molecule has 2 atom stereocenters. The Hall–Kier alpha value is -1.59. The van der Waals surface area contributed by atoms with Crippen LogP contribution in [0.25, 0.3) is 0 Å². The summed E-state index contributed by atoms with van der Waals surface area (Å²) in [5, 5.41) is 8.93. The zero-order chi connectivity index (χ0) is 14.8. The van der Waals surface area contributed by atoms with Crippen molar-refractivity contribution in [3.05, 3.63) is 0 Å². The number of carboxylic acids is 1. The third kappa shape index (κ3) is 3.94. The molecule has 0 saturated carbocycles. The van der Waals surface area contributed by atoms with Crippen molar-refractivity contribution >= 4 is 17.8 Å². The highest BCUT2D eigenvalue weighted by Gasteiger charge is 2.41. The van der Waals surface area contributed by atoms with Crippen LogP contribution in [-0.2, 0) is 19.1 Å². The fourth-order valence-electron chi connectivity index (χ4n) is 2.08. The van der Waals surface area contributed by atoms with E-state index in [1.807, 2.05) is 0 Å². The number of esters is 1. The number of hydrogen-bond donors (Lipinski definition) is 1. The van der Waals surface area contributed by atoms with Crippen LogP contribution in [0.4, 0.5) is 0 Å². The molecule has 1 aliphatic rings. The van der Waals surface area contributed by atoms with E-state index in [9.17, 15) is 14.4 Å². The fourth-order valence-corrected chi connectivity index (χ4v) is 2.08. The molecule has 0 radical (unpaired) electrons. The van der Waals surface area contributed by atoms with Gasteiger partial charge >= 0.3 is 11.9 Å². The van der Waals surface area contributed by atoms with Gasteiger partial charge in [-0.05, 0) is 27.2 Å². The Kier molecular flexibility index (Phi) is 4.55. The lowest BCUT2D eigenvalue weighted by Gasteiger charge is -2.29. The molecule has 6 nitrogen and oxygen atoms in total. The predicted molar refractivity (Wildman–Crippen MR) is 67.4 cm³/mol. The van der Waals surface area contributed by atoms with E-state index < -0.39 is 29.5 Å². The Labute approximate surface area is 112 Å². The molecule has 108 valence electrons. The van der Waals surface area contributed by atoms with Gasteiger partial charge in [0, 0.05) is 13.0 Å². The van der Waals surface area contributed by atoms with E-state index in [-0.39, 0.29) is 18.9 Å². The van der Waals surface area contributed by atoms with Crippen LogP contribution in [0.2, 0.25) is 0 Å². The number of aliphatic carboxylic acids is 1. The van der Waals surface area contributed by atoms with Crippen molar-refractivity contribution in [2.24, 2.45) is 5.92 Å². The summed E-state index contributed by atoms with van der Waals surface area (Å²) in [7, 11) is 0. The van der Waals surface area contributed by atoms with Crippen molar-refractivity contribution in [3.63, 3.8) is 0 Å². The molecule has 0 aromatic heterocycles. The number of carbonyl (C=O) groups is 3. The van der Waals surface area contributed by atoms with Crippen LogP contribution in [0.3, 0.4) is 0 Å². The molecule has 0 aromatic rings. The maximum atomic E-state index is 12.0. The Morgan fingerprint density at radius 1 is 1.47 bits per heavy atom. The minimum atomic E-state index is -1.00. The first kappa shape index (κ1) is 15.5. The third-order valence-corrected chi connectivity index (χ3v) is 2.95. The zero-order valence-electron chi connectivity index (χ0n) is 11.8. The first-order valence-corrected chi connectivity index (χ1v) is 6.41. The summed E-state index contributed by atoms with van der Waals surface area (Å²) in [6.07, 6.45) is 0.363. The second-order valence-corrected chi connectivity index (χ2v) is 5.74. The second kappa shape index (κ2) is 5.59. The normalized spacial score (nSPS) is 21.4. The summed E-state index contributed by atoms with van der Waals surface area (Å²) in [6.45, 7) is 7.11. The number of carbonyl (C=O) groups excluding carboxylic acids is 2. The maximum absolute atomic E-state index is 12.0. The van der Waals surface area contributed by atoms with Crippen LogP contribution in [0.5, 0.6) is 0 Å². The van der Waals surface area contributed by atoms with E-state index in [1.54, 1.807) is 27.7 Å². The molecule has 0 unspecified atom stereocenters. The van der Waals surface area contributed by atoms with Crippen molar-refractivity contribution in [2.45, 2.75) is 52.2 Å². The topological polar surface area (TPSA) is 83.9 Å². The van der Waals surface area contributed by atoms with Gasteiger partial charge in [0.2, 0.25) is 5.91 Å². The Morgan fingerprint density at radius 2 is 2.05 bits per heavy atom. The van der Waals surface area contributed by atoms with Crippen LogP contribution < -0.4 is 0 Å². The molecule has 0 spiro atoms. The van der Waals surface area contributed by atoms with E-state index in [0.717, 1.165) is 0 Å². The zero-order valence-corrected chi connectivity index (χ0v) is 11.8. The first-order valence-electron chi connectivity index (χ1n) is 6.41. The molecule has 1 aliphatic heterocycles. The molecule has 19 heavy (non-hydrogen) atoms. The molecular formula is C13H21NO5. The van der Waals surface area contributed by atoms with Gasteiger partial charge in [0.15, 0.2) is 0 Å². The molecule has 1 amide bonds. The van der Waals surface area contributed by atoms with Crippen LogP contribution in [0.15, 0.2) is 0 Å². The van der Waals surface area contributed by atoms with Crippen LogP contribution >= 0.6 is 0 Å². The van der Waals surface area contributed by atoms with E-state index in [0.29, 0.717) is 6.42 Å². The molecule has 1 rings (SSSR count). The van der Waals surface area contributed by atoms with E-state index >= 15 is 0 Å². The number of likely N-dealkylation sites (tertiary alicyclic amines) is 1. The van der Waals surface area contributed by atoms with Crippen LogP contribution in [0.1, 0.15) is 40.5 Å². The molecule has 6 heteroatoms. The number of rotatable bonds is 4. The lowest BCUT2D eigenvalue weighted by atomic mass is 10.1. The summed E-state index contributed by atoms with van der Waals surface area (Å²) < 4.78 is 5.27. The average Bonchev–Trinajstić information content (AvgIpc) is 2.59. The molecule has 1 saturated heterocycles. The molecule has 1 heterocycles. The fraction of sp³-hybridized carbons (Fsp3) is 0.769. The summed E-state index contributed by atoms with van der Waals surface area (Å²) in [5.41, 5.74) is -0.626. The lowest BCUT2D eigenvalue weighted by molar-refractivity contribution is -0.164. The van der Waals surface area contributed by atoms with Gasteiger partial charge in [-0.1, -0.05) is 6.92 Å². The Morgan fingerprint density at radius 3 is 2.42 bits per heavy atom. The summed E-state index contributed by atoms with van der Waals surface area (Å²) in [5.74, 6) is -2.52.